The van der Waals surface area contributed by atoms with Gasteiger partial charge in [0.15, 0.2) is 5.13 Å². The van der Waals surface area contributed by atoms with Crippen LogP contribution in [0.25, 0.3) is 0 Å². The number of ether oxygens (including phenoxy) is 1. The molecule has 9 heteroatoms. The van der Waals surface area contributed by atoms with Crippen LogP contribution in [-0.2, 0) is 4.79 Å². The lowest BCUT2D eigenvalue weighted by Gasteiger charge is -2.36. The normalized spacial score (nSPS) is 17.9. The van der Waals surface area contributed by atoms with Gasteiger partial charge in [0.25, 0.3) is 5.91 Å². The molecule has 2 saturated heterocycles. The fourth-order valence-electron chi connectivity index (χ4n) is 4.05. The molecule has 3 heterocycles. The number of likely N-dealkylation sites (tertiary alicyclic amines) is 1. The van der Waals surface area contributed by atoms with E-state index in [2.05, 4.69) is 22.1 Å². The minimum atomic E-state index is -0.0555. The van der Waals surface area contributed by atoms with Crippen molar-refractivity contribution in [2.45, 2.75) is 19.8 Å². The van der Waals surface area contributed by atoms with Gasteiger partial charge in [0, 0.05) is 50.3 Å². The van der Waals surface area contributed by atoms with Crippen LogP contribution in [0.4, 0.5) is 10.8 Å². The van der Waals surface area contributed by atoms with E-state index in [1.165, 1.54) is 11.3 Å². The quantitative estimate of drug-likeness (QED) is 0.719. The summed E-state index contributed by atoms with van der Waals surface area (Å²) in [5, 5.41) is 5.70. The molecular formula is C23H31N5O3S. The van der Waals surface area contributed by atoms with Crippen molar-refractivity contribution in [3.05, 3.63) is 35.3 Å². The van der Waals surface area contributed by atoms with E-state index in [1.54, 1.807) is 12.5 Å². The molecule has 172 valence electrons. The summed E-state index contributed by atoms with van der Waals surface area (Å²) in [4.78, 5) is 35.9. The molecule has 2 aliphatic heterocycles. The van der Waals surface area contributed by atoms with Gasteiger partial charge in [0.1, 0.15) is 11.4 Å². The van der Waals surface area contributed by atoms with Crippen LogP contribution < -0.4 is 10.1 Å². The Morgan fingerprint density at radius 3 is 2.41 bits per heavy atom. The summed E-state index contributed by atoms with van der Waals surface area (Å²) in [6.07, 6.45) is 2.19. The van der Waals surface area contributed by atoms with Crippen LogP contribution in [0.15, 0.2) is 29.6 Å². The molecule has 2 amide bonds. The number of aromatic nitrogens is 1. The summed E-state index contributed by atoms with van der Waals surface area (Å²) in [6, 6.07) is 7.56. The topological polar surface area (TPSA) is 78.0 Å². The molecule has 2 aromatic rings. The second-order valence-corrected chi connectivity index (χ2v) is 9.38. The second kappa shape index (κ2) is 10.3. The third-order valence-corrected chi connectivity index (χ3v) is 6.98. The van der Waals surface area contributed by atoms with Crippen LogP contribution in [0, 0.1) is 5.92 Å². The fourth-order valence-corrected chi connectivity index (χ4v) is 4.75. The van der Waals surface area contributed by atoms with E-state index in [1.807, 2.05) is 34.1 Å². The largest absolute Gasteiger partial charge is 0.497 e. The predicted molar refractivity (Wildman–Crippen MR) is 126 cm³/mol. The maximum Gasteiger partial charge on any atom is 0.273 e. The first-order chi connectivity index (χ1) is 15.5. The van der Waals surface area contributed by atoms with Gasteiger partial charge in [-0.05, 0) is 43.0 Å². The van der Waals surface area contributed by atoms with E-state index in [-0.39, 0.29) is 11.8 Å². The number of piperidine rings is 1. The number of rotatable bonds is 6. The smallest absolute Gasteiger partial charge is 0.273 e. The van der Waals surface area contributed by atoms with Gasteiger partial charge in [0.05, 0.1) is 13.7 Å². The Kier molecular flexibility index (Phi) is 7.26. The molecule has 8 nitrogen and oxygen atoms in total. The highest BCUT2D eigenvalue weighted by Gasteiger charge is 2.27. The molecule has 0 spiro atoms. The van der Waals surface area contributed by atoms with Crippen molar-refractivity contribution in [2.75, 3.05) is 58.2 Å². The minimum absolute atomic E-state index is 0.0555. The lowest BCUT2D eigenvalue weighted by atomic mass is 9.99. The third kappa shape index (κ3) is 5.58. The average molecular weight is 458 g/mol. The highest BCUT2D eigenvalue weighted by molar-refractivity contribution is 7.14. The Bertz CT molecular complexity index is 916. The lowest BCUT2D eigenvalue weighted by Crippen LogP contribution is -2.52. The number of thiazole rings is 1. The number of methoxy groups -OCH3 is 1. The van der Waals surface area contributed by atoms with Gasteiger partial charge in [-0.1, -0.05) is 6.92 Å². The van der Waals surface area contributed by atoms with Gasteiger partial charge >= 0.3 is 0 Å². The molecule has 0 saturated carbocycles. The van der Waals surface area contributed by atoms with Crippen molar-refractivity contribution in [1.82, 2.24) is 19.7 Å². The van der Waals surface area contributed by atoms with E-state index in [4.69, 9.17) is 4.74 Å². The summed E-state index contributed by atoms with van der Waals surface area (Å²) in [6.45, 7) is 7.08. The molecule has 0 radical (unpaired) electrons. The molecular weight excluding hydrogens is 426 g/mol. The first kappa shape index (κ1) is 22.5. The van der Waals surface area contributed by atoms with E-state index in [0.29, 0.717) is 49.5 Å². The SMILES string of the molecule is COc1ccc(Nc2nc(C(=O)N3CCN(CC(=O)N4CCC(C)CC4)CC3)cs2)cc1. The molecule has 0 bridgehead atoms. The van der Waals surface area contributed by atoms with Crippen LogP contribution in [0.5, 0.6) is 5.75 Å². The van der Waals surface area contributed by atoms with Crippen molar-refractivity contribution in [2.24, 2.45) is 5.92 Å². The number of piperazine rings is 1. The highest BCUT2D eigenvalue weighted by atomic mass is 32.1. The first-order valence-corrected chi connectivity index (χ1v) is 12.1. The number of hydrogen-bond donors (Lipinski definition) is 1. The molecule has 1 aromatic carbocycles. The van der Waals surface area contributed by atoms with Gasteiger partial charge < -0.3 is 19.9 Å². The summed E-state index contributed by atoms with van der Waals surface area (Å²) in [5.41, 5.74) is 1.35. The Morgan fingerprint density at radius 1 is 1.06 bits per heavy atom. The number of hydrogen-bond acceptors (Lipinski definition) is 7. The lowest BCUT2D eigenvalue weighted by molar-refractivity contribution is -0.134. The molecule has 0 unspecified atom stereocenters. The van der Waals surface area contributed by atoms with Crippen LogP contribution in [0.2, 0.25) is 0 Å². The van der Waals surface area contributed by atoms with E-state index in [0.717, 1.165) is 37.4 Å². The zero-order chi connectivity index (χ0) is 22.5. The molecule has 32 heavy (non-hydrogen) atoms. The van der Waals surface area contributed by atoms with Gasteiger partial charge in [0.2, 0.25) is 5.91 Å². The molecule has 2 fully saturated rings. The van der Waals surface area contributed by atoms with E-state index < -0.39 is 0 Å². The first-order valence-electron chi connectivity index (χ1n) is 11.2. The van der Waals surface area contributed by atoms with Crippen LogP contribution >= 0.6 is 11.3 Å². The number of anilines is 2. The number of nitrogens with one attached hydrogen (secondary N) is 1. The number of nitrogens with zero attached hydrogens (tertiary/aromatic N) is 4. The van der Waals surface area contributed by atoms with Crippen molar-refractivity contribution >= 4 is 34.0 Å². The highest BCUT2D eigenvalue weighted by Crippen LogP contribution is 2.24. The summed E-state index contributed by atoms with van der Waals surface area (Å²) < 4.78 is 5.17. The second-order valence-electron chi connectivity index (χ2n) is 8.52. The Labute approximate surface area is 193 Å². The van der Waals surface area contributed by atoms with Gasteiger partial charge in [-0.3, -0.25) is 14.5 Å². The summed E-state index contributed by atoms with van der Waals surface area (Å²) in [7, 11) is 1.63. The van der Waals surface area contributed by atoms with Crippen molar-refractivity contribution in [1.29, 1.82) is 0 Å². The Morgan fingerprint density at radius 2 is 1.75 bits per heavy atom. The van der Waals surface area contributed by atoms with Crippen molar-refractivity contribution < 1.29 is 14.3 Å². The molecule has 1 aromatic heterocycles. The number of benzene rings is 1. The minimum Gasteiger partial charge on any atom is -0.497 e. The van der Waals surface area contributed by atoms with Crippen molar-refractivity contribution in [3.8, 4) is 5.75 Å². The Hall–Kier alpha value is -2.65. The maximum absolute atomic E-state index is 12.9. The molecule has 2 aliphatic rings. The molecule has 1 N–H and O–H groups in total. The number of carbonyl (C=O) groups excluding carboxylic acids is 2. The standard InChI is InChI=1S/C23H31N5O3S/c1-17-7-9-27(10-8-17)21(29)15-26-11-13-28(14-12-26)22(30)20-16-32-23(25-20)24-18-3-5-19(31-2)6-4-18/h3-6,16-17H,7-15H2,1-2H3,(H,24,25). The van der Waals surface area contributed by atoms with Crippen molar-refractivity contribution in [3.63, 3.8) is 0 Å². The monoisotopic (exact) mass is 457 g/mol. The van der Waals surface area contributed by atoms with Crippen LogP contribution in [0.3, 0.4) is 0 Å². The average Bonchev–Trinajstić information content (AvgIpc) is 3.28. The maximum atomic E-state index is 12.9. The fraction of sp³-hybridized carbons (Fsp3) is 0.522. The van der Waals surface area contributed by atoms with Crippen LogP contribution in [0.1, 0.15) is 30.3 Å². The number of amides is 2. The molecule has 0 aliphatic carbocycles. The van der Waals surface area contributed by atoms with E-state index >= 15 is 0 Å². The van der Waals surface area contributed by atoms with Crippen LogP contribution in [-0.4, -0.2) is 84.4 Å². The summed E-state index contributed by atoms with van der Waals surface area (Å²) >= 11 is 1.41. The predicted octanol–water partition coefficient (Wildman–Crippen LogP) is 2.91. The van der Waals surface area contributed by atoms with E-state index in [9.17, 15) is 9.59 Å². The number of carbonyl (C=O) groups is 2. The molecule has 4 rings (SSSR count). The molecule has 0 atom stereocenters. The third-order valence-electron chi connectivity index (χ3n) is 6.22. The zero-order valence-corrected chi connectivity index (χ0v) is 19.6. The zero-order valence-electron chi connectivity index (χ0n) is 18.7. The van der Waals surface area contributed by atoms with Gasteiger partial charge in [-0.2, -0.15) is 0 Å². The summed E-state index contributed by atoms with van der Waals surface area (Å²) in [5.74, 6) is 1.66. The van der Waals surface area contributed by atoms with Gasteiger partial charge in [-0.15, -0.1) is 11.3 Å². The van der Waals surface area contributed by atoms with Gasteiger partial charge in [-0.25, -0.2) is 4.98 Å². The Balaban J connectivity index is 1.25.